The summed E-state index contributed by atoms with van der Waals surface area (Å²) in [6.45, 7) is 0.303. The molecule has 1 aliphatic rings. The Balaban J connectivity index is 1.52. The number of rotatable bonds is 14. The van der Waals surface area contributed by atoms with Gasteiger partial charge in [0.2, 0.25) is 5.90 Å². The summed E-state index contributed by atoms with van der Waals surface area (Å²) >= 11 is 0. The molecule has 5 rings (SSSR count). The van der Waals surface area contributed by atoms with Gasteiger partial charge in [0.1, 0.15) is 5.75 Å². The standard InChI is InChI=1S/C35H33F3N6O4/c36-35(37,38)29-13-6-8-24(20-29)22-40-43-33(46)34(21-27-11-4-5-12-28(27)23-41-44-39)31(25-9-2-1-3-10-25)48-32(42-34)26-14-16-30(17-15-26)47-19-7-18-45/h1-6,8-17,20,31,40,45H,7,18-19,21-23H2,(H,43,46)/t31-,34-/m0/s1. The molecule has 0 unspecified atom stereocenters. The van der Waals surface area contributed by atoms with Crippen molar-refractivity contribution in [3.63, 3.8) is 0 Å². The summed E-state index contributed by atoms with van der Waals surface area (Å²) in [7, 11) is 0. The van der Waals surface area contributed by atoms with E-state index in [4.69, 9.17) is 25.1 Å². The number of azide groups is 1. The molecule has 248 valence electrons. The summed E-state index contributed by atoms with van der Waals surface area (Å²) in [4.78, 5) is 22.3. The van der Waals surface area contributed by atoms with E-state index >= 15 is 0 Å². The first kappa shape index (κ1) is 34.0. The molecule has 0 spiro atoms. The Labute approximate surface area is 274 Å². The maximum absolute atomic E-state index is 14.4. The second kappa shape index (κ2) is 15.5. The number of aliphatic hydroxyl groups excluding tert-OH is 1. The monoisotopic (exact) mass is 658 g/mol. The molecule has 1 heterocycles. The molecule has 0 aromatic heterocycles. The number of ether oxygens (including phenoxy) is 2. The number of nitrogens with zero attached hydrogens (tertiary/aromatic N) is 4. The number of carbonyl (C=O) groups is 1. The summed E-state index contributed by atoms with van der Waals surface area (Å²) in [6, 6.07) is 28.2. The highest BCUT2D eigenvalue weighted by atomic mass is 19.4. The van der Waals surface area contributed by atoms with Gasteiger partial charge in [-0.2, -0.15) is 13.2 Å². The highest BCUT2D eigenvalue weighted by molar-refractivity contribution is 6.01. The Morgan fingerprint density at radius 2 is 1.73 bits per heavy atom. The van der Waals surface area contributed by atoms with E-state index in [1.165, 1.54) is 12.1 Å². The summed E-state index contributed by atoms with van der Waals surface area (Å²) in [5.41, 5.74) is 15.0. The third-order valence-corrected chi connectivity index (χ3v) is 7.76. The zero-order valence-electron chi connectivity index (χ0n) is 25.7. The molecule has 0 radical (unpaired) electrons. The first-order valence-corrected chi connectivity index (χ1v) is 15.2. The summed E-state index contributed by atoms with van der Waals surface area (Å²) in [5, 5.41) is 12.8. The fourth-order valence-corrected chi connectivity index (χ4v) is 5.38. The number of hydrogen-bond donors (Lipinski definition) is 3. The molecule has 2 atom stereocenters. The largest absolute Gasteiger partial charge is 0.494 e. The van der Waals surface area contributed by atoms with Gasteiger partial charge in [0.15, 0.2) is 11.6 Å². The number of halogens is 3. The Morgan fingerprint density at radius 1 is 1.00 bits per heavy atom. The predicted molar refractivity (Wildman–Crippen MR) is 173 cm³/mol. The van der Waals surface area contributed by atoms with E-state index in [1.54, 1.807) is 42.5 Å². The number of nitrogens with one attached hydrogen (secondary N) is 2. The van der Waals surface area contributed by atoms with Gasteiger partial charge in [-0.1, -0.05) is 77.9 Å². The van der Waals surface area contributed by atoms with Gasteiger partial charge in [-0.25, -0.2) is 10.4 Å². The van der Waals surface area contributed by atoms with Crippen LogP contribution in [0.25, 0.3) is 10.4 Å². The van der Waals surface area contributed by atoms with Gasteiger partial charge < -0.3 is 14.6 Å². The van der Waals surface area contributed by atoms with Crippen LogP contribution < -0.4 is 15.6 Å². The average molecular weight is 659 g/mol. The van der Waals surface area contributed by atoms with Crippen molar-refractivity contribution in [2.24, 2.45) is 10.1 Å². The van der Waals surface area contributed by atoms with Gasteiger partial charge in [0, 0.05) is 36.5 Å². The minimum Gasteiger partial charge on any atom is -0.494 e. The summed E-state index contributed by atoms with van der Waals surface area (Å²) < 4.78 is 52.1. The Hall–Kier alpha value is -5.36. The van der Waals surface area contributed by atoms with Crippen molar-refractivity contribution in [1.82, 2.24) is 10.9 Å². The van der Waals surface area contributed by atoms with E-state index in [2.05, 4.69) is 20.9 Å². The zero-order valence-corrected chi connectivity index (χ0v) is 25.7. The third kappa shape index (κ3) is 8.13. The van der Waals surface area contributed by atoms with Crippen molar-refractivity contribution in [2.75, 3.05) is 13.2 Å². The number of aliphatic imine (C=N–C) groups is 1. The van der Waals surface area contributed by atoms with Crippen LogP contribution in [0.4, 0.5) is 13.2 Å². The molecule has 0 fully saturated rings. The van der Waals surface area contributed by atoms with Crippen LogP contribution in [-0.4, -0.2) is 35.7 Å². The fraction of sp³-hybridized carbons (Fsp3) is 0.257. The van der Waals surface area contributed by atoms with Crippen molar-refractivity contribution in [3.8, 4) is 5.75 Å². The second-order valence-electron chi connectivity index (χ2n) is 11.0. The molecule has 4 aromatic carbocycles. The number of aliphatic hydroxyl groups is 1. The lowest BCUT2D eigenvalue weighted by Crippen LogP contribution is -2.53. The van der Waals surface area contributed by atoms with Gasteiger partial charge in [-0.3, -0.25) is 10.2 Å². The number of benzene rings is 4. The molecule has 48 heavy (non-hydrogen) atoms. The Bertz CT molecular complexity index is 1780. The van der Waals surface area contributed by atoms with E-state index in [1.807, 2.05) is 36.4 Å². The molecule has 10 nitrogen and oxygen atoms in total. The van der Waals surface area contributed by atoms with Crippen molar-refractivity contribution in [3.05, 3.63) is 147 Å². The van der Waals surface area contributed by atoms with Crippen LogP contribution in [0.5, 0.6) is 5.75 Å². The number of hydrazine groups is 1. The van der Waals surface area contributed by atoms with E-state index < -0.39 is 29.3 Å². The molecule has 0 saturated heterocycles. The molecule has 0 saturated carbocycles. The van der Waals surface area contributed by atoms with Crippen molar-refractivity contribution in [2.45, 2.75) is 43.8 Å². The lowest BCUT2D eigenvalue weighted by molar-refractivity contribution is -0.137. The van der Waals surface area contributed by atoms with Crippen LogP contribution in [0.2, 0.25) is 0 Å². The van der Waals surface area contributed by atoms with Crippen LogP contribution >= 0.6 is 0 Å². The smallest absolute Gasteiger partial charge is 0.416 e. The number of carbonyl (C=O) groups excluding carboxylic acids is 1. The maximum atomic E-state index is 14.4. The molecule has 3 N–H and O–H groups in total. The normalized spacial score (nSPS) is 17.2. The quantitative estimate of drug-likeness (QED) is 0.0461. The molecule has 13 heteroatoms. The van der Waals surface area contributed by atoms with Gasteiger partial charge in [0.05, 0.1) is 18.7 Å². The maximum Gasteiger partial charge on any atom is 0.416 e. The molecule has 4 aromatic rings. The molecular formula is C35H33F3N6O4. The first-order chi connectivity index (χ1) is 23.2. The van der Waals surface area contributed by atoms with E-state index in [-0.39, 0.29) is 32.0 Å². The first-order valence-electron chi connectivity index (χ1n) is 15.2. The number of alkyl halides is 3. The topological polar surface area (TPSA) is 141 Å². The zero-order chi connectivity index (χ0) is 34.0. The van der Waals surface area contributed by atoms with Gasteiger partial charge >= 0.3 is 6.18 Å². The molecule has 0 bridgehead atoms. The SMILES string of the molecule is [N-]=[N+]=NCc1ccccc1C[C@]1(C(=O)NNCc2cccc(C(F)(F)F)c2)N=C(c2ccc(OCCCO)cc2)O[C@H]1c1ccccc1. The van der Waals surface area contributed by atoms with Crippen LogP contribution in [0.15, 0.2) is 113 Å². The van der Waals surface area contributed by atoms with Crippen LogP contribution in [0.3, 0.4) is 0 Å². The van der Waals surface area contributed by atoms with Crippen molar-refractivity contribution in [1.29, 1.82) is 0 Å². The minimum absolute atomic E-state index is 0.00847. The number of hydrogen-bond acceptors (Lipinski definition) is 7. The van der Waals surface area contributed by atoms with Crippen molar-refractivity contribution < 1.29 is 32.5 Å². The molecule has 1 aliphatic heterocycles. The van der Waals surface area contributed by atoms with E-state index in [0.717, 1.165) is 12.1 Å². The van der Waals surface area contributed by atoms with Crippen LogP contribution in [0.1, 0.15) is 45.9 Å². The molecule has 1 amide bonds. The number of amides is 1. The molecule has 0 aliphatic carbocycles. The highest BCUT2D eigenvalue weighted by Crippen LogP contribution is 2.43. The average Bonchev–Trinajstić information content (AvgIpc) is 3.49. The van der Waals surface area contributed by atoms with Crippen LogP contribution in [0, 0.1) is 0 Å². The van der Waals surface area contributed by atoms with Crippen molar-refractivity contribution >= 4 is 11.8 Å². The van der Waals surface area contributed by atoms with Gasteiger partial charge in [-0.05, 0) is 58.1 Å². The Kier molecular flexibility index (Phi) is 11.0. The van der Waals surface area contributed by atoms with Crippen LogP contribution in [-0.2, 0) is 35.2 Å². The summed E-state index contributed by atoms with van der Waals surface area (Å²) in [6.07, 6.45) is -4.91. The fourth-order valence-electron chi connectivity index (χ4n) is 5.38. The lowest BCUT2D eigenvalue weighted by atomic mass is 9.81. The van der Waals surface area contributed by atoms with E-state index in [9.17, 15) is 18.0 Å². The second-order valence-corrected chi connectivity index (χ2v) is 11.0. The summed E-state index contributed by atoms with van der Waals surface area (Å²) in [5.74, 6) is 0.201. The van der Waals surface area contributed by atoms with E-state index in [0.29, 0.717) is 46.6 Å². The highest BCUT2D eigenvalue weighted by Gasteiger charge is 2.53. The lowest BCUT2D eigenvalue weighted by Gasteiger charge is -2.31. The minimum atomic E-state index is -4.51. The predicted octanol–water partition coefficient (Wildman–Crippen LogP) is 6.60. The Morgan fingerprint density at radius 3 is 2.44 bits per heavy atom. The van der Waals surface area contributed by atoms with Gasteiger partial charge in [0.25, 0.3) is 5.91 Å². The van der Waals surface area contributed by atoms with Gasteiger partial charge in [-0.15, -0.1) is 0 Å². The molecular weight excluding hydrogens is 625 g/mol. The third-order valence-electron chi connectivity index (χ3n) is 7.76.